The highest BCUT2D eigenvalue weighted by Gasteiger charge is 2.31. The number of nitrogens with one attached hydrogen (secondary N) is 1. The van der Waals surface area contributed by atoms with Gasteiger partial charge in [0.1, 0.15) is 5.82 Å². The van der Waals surface area contributed by atoms with Crippen LogP contribution in [-0.2, 0) is 16.6 Å². The fourth-order valence-electron chi connectivity index (χ4n) is 4.77. The van der Waals surface area contributed by atoms with Crippen LogP contribution in [0.3, 0.4) is 0 Å². The number of amides is 1. The molecule has 1 N–H and O–H groups in total. The summed E-state index contributed by atoms with van der Waals surface area (Å²) in [6.07, 6.45) is 1.78. The zero-order valence-corrected chi connectivity index (χ0v) is 20.3. The van der Waals surface area contributed by atoms with Crippen molar-refractivity contribution in [2.24, 2.45) is 11.8 Å². The SMILES string of the molecule is Cc1nc2ccccc2n1CCCNC(=O)c1cccc(S(=O)(=O)N2CC(C)CC(C)C2)c1. The second-order valence-electron chi connectivity index (χ2n) is 9.20. The lowest BCUT2D eigenvalue weighted by Crippen LogP contribution is -2.42. The van der Waals surface area contributed by atoms with Gasteiger partial charge in [-0.1, -0.05) is 32.0 Å². The summed E-state index contributed by atoms with van der Waals surface area (Å²) in [7, 11) is -3.62. The van der Waals surface area contributed by atoms with E-state index in [2.05, 4.69) is 28.7 Å². The summed E-state index contributed by atoms with van der Waals surface area (Å²) in [6.45, 7) is 8.41. The number of piperidine rings is 1. The molecule has 176 valence electrons. The molecule has 0 radical (unpaired) electrons. The Morgan fingerprint density at radius 1 is 1.09 bits per heavy atom. The van der Waals surface area contributed by atoms with Crippen LogP contribution >= 0.6 is 0 Å². The number of aryl methyl sites for hydroxylation is 2. The average Bonchev–Trinajstić information content (AvgIpc) is 3.11. The molecule has 1 aliphatic rings. The highest BCUT2D eigenvalue weighted by atomic mass is 32.2. The lowest BCUT2D eigenvalue weighted by Gasteiger charge is -2.34. The van der Waals surface area contributed by atoms with Gasteiger partial charge < -0.3 is 9.88 Å². The van der Waals surface area contributed by atoms with Gasteiger partial charge >= 0.3 is 0 Å². The van der Waals surface area contributed by atoms with Crippen LogP contribution in [0.4, 0.5) is 0 Å². The van der Waals surface area contributed by atoms with E-state index in [9.17, 15) is 13.2 Å². The number of imidazole rings is 1. The van der Waals surface area contributed by atoms with Crippen LogP contribution in [0.25, 0.3) is 11.0 Å². The second-order valence-corrected chi connectivity index (χ2v) is 11.1. The first-order valence-corrected chi connectivity index (χ1v) is 13.0. The molecule has 0 aliphatic carbocycles. The fourth-order valence-corrected chi connectivity index (χ4v) is 6.49. The number of aromatic nitrogens is 2. The molecule has 2 heterocycles. The monoisotopic (exact) mass is 468 g/mol. The molecular weight excluding hydrogens is 436 g/mol. The molecule has 1 aromatic heterocycles. The number of sulfonamides is 1. The Bertz CT molecular complexity index is 1240. The van der Waals surface area contributed by atoms with Crippen molar-refractivity contribution in [2.75, 3.05) is 19.6 Å². The predicted molar refractivity (Wildman–Crippen MR) is 130 cm³/mol. The lowest BCUT2D eigenvalue weighted by atomic mass is 9.94. The topological polar surface area (TPSA) is 84.3 Å². The van der Waals surface area contributed by atoms with Crippen LogP contribution in [0, 0.1) is 18.8 Å². The maximum atomic E-state index is 13.2. The number of carbonyl (C=O) groups excluding carboxylic acids is 1. The molecule has 1 aliphatic heterocycles. The molecule has 0 spiro atoms. The van der Waals surface area contributed by atoms with Gasteiger partial charge in [0, 0.05) is 31.7 Å². The number of rotatable bonds is 7. The van der Waals surface area contributed by atoms with E-state index in [1.807, 2.05) is 31.2 Å². The Kier molecular flexibility index (Phi) is 6.86. The molecule has 0 saturated carbocycles. The summed E-state index contributed by atoms with van der Waals surface area (Å²) in [5.41, 5.74) is 2.41. The van der Waals surface area contributed by atoms with E-state index >= 15 is 0 Å². The maximum Gasteiger partial charge on any atom is 0.251 e. The minimum absolute atomic E-state index is 0.178. The van der Waals surface area contributed by atoms with Crippen LogP contribution in [-0.4, -0.2) is 47.8 Å². The molecule has 33 heavy (non-hydrogen) atoms. The summed E-state index contributed by atoms with van der Waals surface area (Å²) in [4.78, 5) is 17.5. The number of benzene rings is 2. The molecule has 7 nitrogen and oxygen atoms in total. The molecular formula is C25H32N4O3S. The van der Waals surface area contributed by atoms with E-state index in [-0.39, 0.29) is 10.8 Å². The van der Waals surface area contributed by atoms with Crippen molar-refractivity contribution in [3.05, 3.63) is 59.9 Å². The van der Waals surface area contributed by atoms with Crippen molar-refractivity contribution in [2.45, 2.75) is 45.1 Å². The van der Waals surface area contributed by atoms with E-state index < -0.39 is 10.0 Å². The van der Waals surface area contributed by atoms with E-state index in [0.29, 0.717) is 37.0 Å². The van der Waals surface area contributed by atoms with E-state index in [1.54, 1.807) is 22.5 Å². The lowest BCUT2D eigenvalue weighted by molar-refractivity contribution is 0.0952. The minimum atomic E-state index is -3.62. The third-order valence-electron chi connectivity index (χ3n) is 6.26. The maximum absolute atomic E-state index is 13.2. The summed E-state index contributed by atoms with van der Waals surface area (Å²) in [6, 6.07) is 14.4. The van der Waals surface area contributed by atoms with Crippen LogP contribution < -0.4 is 5.32 Å². The van der Waals surface area contributed by atoms with Crippen LogP contribution in [0.5, 0.6) is 0 Å². The largest absolute Gasteiger partial charge is 0.352 e. The Morgan fingerprint density at radius 2 is 1.82 bits per heavy atom. The standard InChI is InChI=1S/C25H32N4O3S/c1-18-14-19(2)17-28(16-18)33(31,32)22-9-6-8-21(15-22)25(30)26-12-7-13-29-20(3)27-23-10-4-5-11-24(23)29/h4-6,8-11,15,18-19H,7,12-14,16-17H2,1-3H3,(H,26,30). The summed E-state index contributed by atoms with van der Waals surface area (Å²) in [5.74, 6) is 1.33. The van der Waals surface area contributed by atoms with Crippen molar-refractivity contribution in [3.63, 3.8) is 0 Å². The van der Waals surface area contributed by atoms with Gasteiger partial charge in [-0.25, -0.2) is 13.4 Å². The molecule has 1 amide bonds. The minimum Gasteiger partial charge on any atom is -0.352 e. The van der Waals surface area contributed by atoms with Gasteiger partial charge in [0.25, 0.3) is 5.91 Å². The first-order chi connectivity index (χ1) is 15.8. The van der Waals surface area contributed by atoms with E-state index in [0.717, 1.165) is 36.2 Å². The first kappa shape index (κ1) is 23.4. The van der Waals surface area contributed by atoms with Gasteiger partial charge in [-0.15, -0.1) is 0 Å². The highest BCUT2D eigenvalue weighted by Crippen LogP contribution is 2.27. The van der Waals surface area contributed by atoms with Crippen LogP contribution in [0.1, 0.15) is 42.9 Å². The van der Waals surface area contributed by atoms with E-state index in [1.165, 1.54) is 6.07 Å². The number of hydrogen-bond acceptors (Lipinski definition) is 4. The smallest absolute Gasteiger partial charge is 0.251 e. The molecule has 1 fully saturated rings. The number of nitrogens with zero attached hydrogens (tertiary/aromatic N) is 3. The average molecular weight is 469 g/mol. The Morgan fingerprint density at radius 3 is 2.58 bits per heavy atom. The summed E-state index contributed by atoms with van der Waals surface area (Å²) >= 11 is 0. The summed E-state index contributed by atoms with van der Waals surface area (Å²) in [5, 5.41) is 2.92. The number of fused-ring (bicyclic) bond motifs is 1. The molecule has 2 unspecified atom stereocenters. The van der Waals surface area contributed by atoms with Crippen molar-refractivity contribution in [3.8, 4) is 0 Å². The zero-order chi connectivity index (χ0) is 23.6. The fraction of sp³-hybridized carbons (Fsp3) is 0.440. The Hall–Kier alpha value is -2.71. The van der Waals surface area contributed by atoms with E-state index in [4.69, 9.17) is 0 Å². The van der Waals surface area contributed by atoms with Crippen molar-refractivity contribution in [1.29, 1.82) is 0 Å². The second kappa shape index (κ2) is 9.65. The normalized spacial score (nSPS) is 19.6. The third kappa shape index (κ3) is 5.12. The number of carbonyl (C=O) groups is 1. The summed E-state index contributed by atoms with van der Waals surface area (Å²) < 4.78 is 30.0. The number of para-hydroxylation sites is 2. The predicted octanol–water partition coefficient (Wildman–Crippen LogP) is 3.83. The van der Waals surface area contributed by atoms with Crippen molar-refractivity contribution >= 4 is 27.0 Å². The molecule has 4 rings (SSSR count). The van der Waals surface area contributed by atoms with Crippen LogP contribution in [0.2, 0.25) is 0 Å². The highest BCUT2D eigenvalue weighted by molar-refractivity contribution is 7.89. The first-order valence-electron chi connectivity index (χ1n) is 11.6. The van der Waals surface area contributed by atoms with Gasteiger partial charge in [-0.05, 0) is 61.9 Å². The molecule has 1 saturated heterocycles. The van der Waals surface area contributed by atoms with Gasteiger partial charge in [-0.3, -0.25) is 4.79 Å². The molecule has 2 aromatic carbocycles. The Balaban J connectivity index is 1.38. The van der Waals surface area contributed by atoms with Gasteiger partial charge in [0.05, 0.1) is 15.9 Å². The van der Waals surface area contributed by atoms with Crippen molar-refractivity contribution in [1.82, 2.24) is 19.2 Å². The zero-order valence-electron chi connectivity index (χ0n) is 19.5. The van der Waals surface area contributed by atoms with Gasteiger partial charge in [0.15, 0.2) is 0 Å². The molecule has 0 bridgehead atoms. The molecule has 3 aromatic rings. The number of hydrogen-bond donors (Lipinski definition) is 1. The molecule has 2 atom stereocenters. The van der Waals surface area contributed by atoms with Crippen molar-refractivity contribution < 1.29 is 13.2 Å². The Labute approximate surface area is 195 Å². The third-order valence-corrected chi connectivity index (χ3v) is 8.09. The van der Waals surface area contributed by atoms with Gasteiger partial charge in [0.2, 0.25) is 10.0 Å². The van der Waals surface area contributed by atoms with Crippen LogP contribution in [0.15, 0.2) is 53.4 Å². The quantitative estimate of drug-likeness (QED) is 0.534. The van der Waals surface area contributed by atoms with Gasteiger partial charge in [-0.2, -0.15) is 4.31 Å². The molecule has 8 heteroatoms.